The van der Waals surface area contributed by atoms with Crippen LogP contribution in [0.1, 0.15) is 124 Å². The number of carbonyl (C=O) groups excluding carboxylic acids is 1. The normalized spacial score (nSPS) is 11.1. The molecule has 2 rings (SSSR count). The Kier molecular flexibility index (Phi) is 15.5. The number of carbonyl (C=O) groups is 1. The maximum absolute atomic E-state index is 12.6. The lowest BCUT2D eigenvalue weighted by Crippen LogP contribution is -2.14. The lowest BCUT2D eigenvalue weighted by molar-refractivity contribution is -0.132. The second-order valence-electron chi connectivity index (χ2n) is 9.95. The van der Waals surface area contributed by atoms with Crippen LogP contribution in [0.3, 0.4) is 0 Å². The summed E-state index contributed by atoms with van der Waals surface area (Å²) in [4.78, 5) is 24.2. The molecule has 0 spiro atoms. The number of benzene rings is 1. The number of ether oxygens (including phenoxy) is 3. The second-order valence-corrected chi connectivity index (χ2v) is 9.95. The van der Waals surface area contributed by atoms with Gasteiger partial charge in [-0.2, -0.15) is 0 Å². The highest BCUT2D eigenvalue weighted by atomic mass is 16.6. The summed E-state index contributed by atoms with van der Waals surface area (Å²) >= 11 is 0. The maximum Gasteiger partial charge on any atom is 0.383 e. The molecule has 0 aliphatic rings. The molecule has 0 aliphatic heterocycles. The molecule has 6 nitrogen and oxygen atoms in total. The van der Waals surface area contributed by atoms with Crippen molar-refractivity contribution in [2.75, 3.05) is 13.2 Å². The molecule has 0 bridgehead atoms. The number of unbranched alkanes of at least 4 members (excludes halogenated alkanes) is 14. The quantitative estimate of drug-likeness (QED) is 0.0938. The zero-order valence-electron chi connectivity index (χ0n) is 23.4. The van der Waals surface area contributed by atoms with Crippen LogP contribution in [0.15, 0.2) is 27.4 Å². The van der Waals surface area contributed by atoms with Crippen molar-refractivity contribution in [2.45, 2.75) is 124 Å². The molecule has 6 heteroatoms. The molecule has 0 N–H and O–H groups in total. The van der Waals surface area contributed by atoms with Gasteiger partial charge in [0.15, 0.2) is 5.75 Å². The van der Waals surface area contributed by atoms with Crippen LogP contribution in [-0.4, -0.2) is 19.2 Å². The monoisotopic (exact) mass is 516 g/mol. The van der Waals surface area contributed by atoms with Crippen LogP contribution in [0.4, 0.5) is 0 Å². The minimum absolute atomic E-state index is 0.188. The van der Waals surface area contributed by atoms with E-state index in [1.165, 1.54) is 84.0 Å². The fourth-order valence-electron chi connectivity index (χ4n) is 4.44. The van der Waals surface area contributed by atoms with Gasteiger partial charge >= 0.3 is 11.6 Å². The van der Waals surface area contributed by atoms with Crippen molar-refractivity contribution in [3.63, 3.8) is 0 Å². The summed E-state index contributed by atoms with van der Waals surface area (Å²) < 4.78 is 22.6. The van der Waals surface area contributed by atoms with E-state index < -0.39 is 11.6 Å². The molecular formula is C31H48O6. The number of esters is 1. The fourth-order valence-corrected chi connectivity index (χ4v) is 4.44. The third-order valence-corrected chi connectivity index (χ3v) is 6.55. The summed E-state index contributed by atoms with van der Waals surface area (Å²) in [5.41, 5.74) is -0.367. The van der Waals surface area contributed by atoms with Crippen LogP contribution in [0.2, 0.25) is 0 Å². The van der Waals surface area contributed by atoms with E-state index in [1.54, 1.807) is 12.1 Å². The molecule has 0 saturated heterocycles. The predicted octanol–water partition coefficient (Wildman–Crippen LogP) is 8.76. The van der Waals surface area contributed by atoms with E-state index in [-0.39, 0.29) is 11.5 Å². The first-order valence-corrected chi connectivity index (χ1v) is 14.6. The van der Waals surface area contributed by atoms with Crippen molar-refractivity contribution in [3.05, 3.63) is 28.6 Å². The van der Waals surface area contributed by atoms with Gasteiger partial charge in [0.05, 0.1) is 18.6 Å². The Morgan fingerprint density at radius 1 is 0.703 bits per heavy atom. The molecule has 0 atom stereocenters. The zero-order valence-corrected chi connectivity index (χ0v) is 23.4. The van der Waals surface area contributed by atoms with Crippen LogP contribution in [0.5, 0.6) is 17.2 Å². The SMILES string of the molecule is CCCCCCCCCCOc1ccc2c(OCCCCCCCCCC)c(OC(C)=O)c(=O)oc2c1. The lowest BCUT2D eigenvalue weighted by Gasteiger charge is -2.13. The Morgan fingerprint density at radius 3 is 1.76 bits per heavy atom. The van der Waals surface area contributed by atoms with Crippen molar-refractivity contribution in [1.29, 1.82) is 0 Å². The lowest BCUT2D eigenvalue weighted by atomic mass is 10.1. The van der Waals surface area contributed by atoms with E-state index >= 15 is 0 Å². The molecule has 0 unspecified atom stereocenters. The molecule has 0 fully saturated rings. The third-order valence-electron chi connectivity index (χ3n) is 6.55. The number of hydrogen-bond donors (Lipinski definition) is 0. The summed E-state index contributed by atoms with van der Waals surface area (Å²) in [6, 6.07) is 5.35. The van der Waals surface area contributed by atoms with Gasteiger partial charge < -0.3 is 18.6 Å². The standard InChI is InChI=1S/C31H48O6/c1-4-6-8-10-12-14-16-18-22-34-26-20-21-27-28(24-26)37-31(33)30(36-25(3)32)29(27)35-23-19-17-15-13-11-9-7-5-2/h20-21,24H,4-19,22-23H2,1-3H3. The topological polar surface area (TPSA) is 75.0 Å². The molecule has 0 saturated carbocycles. The minimum Gasteiger partial charge on any atom is -0.493 e. The van der Waals surface area contributed by atoms with Crippen LogP contribution >= 0.6 is 0 Å². The van der Waals surface area contributed by atoms with E-state index in [9.17, 15) is 9.59 Å². The summed E-state index contributed by atoms with van der Waals surface area (Å²) in [7, 11) is 0. The average molecular weight is 517 g/mol. The van der Waals surface area contributed by atoms with E-state index in [2.05, 4.69) is 13.8 Å². The van der Waals surface area contributed by atoms with Crippen LogP contribution in [0, 0.1) is 0 Å². The predicted molar refractivity (Wildman–Crippen MR) is 150 cm³/mol. The van der Waals surface area contributed by atoms with Crippen molar-refractivity contribution >= 4 is 16.9 Å². The van der Waals surface area contributed by atoms with Gasteiger partial charge in [-0.25, -0.2) is 4.79 Å². The second kappa shape index (κ2) is 18.7. The number of hydrogen-bond acceptors (Lipinski definition) is 6. The van der Waals surface area contributed by atoms with Gasteiger partial charge in [-0.15, -0.1) is 0 Å². The van der Waals surface area contributed by atoms with Crippen molar-refractivity contribution in [2.24, 2.45) is 0 Å². The summed E-state index contributed by atoms with van der Waals surface area (Å²) in [6.45, 7) is 6.78. The summed E-state index contributed by atoms with van der Waals surface area (Å²) in [5.74, 6) is 0.132. The van der Waals surface area contributed by atoms with E-state index in [1.807, 2.05) is 6.07 Å². The summed E-state index contributed by atoms with van der Waals surface area (Å²) in [6.07, 6.45) is 19.4. The highest BCUT2D eigenvalue weighted by Gasteiger charge is 2.20. The summed E-state index contributed by atoms with van der Waals surface area (Å²) in [5, 5.41) is 0.592. The van der Waals surface area contributed by atoms with E-state index in [0.29, 0.717) is 29.9 Å². The van der Waals surface area contributed by atoms with Gasteiger partial charge in [-0.1, -0.05) is 104 Å². The van der Waals surface area contributed by atoms with Gasteiger partial charge in [-0.05, 0) is 25.0 Å². The molecule has 37 heavy (non-hydrogen) atoms. The molecule has 1 aromatic heterocycles. The molecule has 0 aliphatic carbocycles. The van der Waals surface area contributed by atoms with Gasteiger partial charge in [0, 0.05) is 13.0 Å². The van der Waals surface area contributed by atoms with Crippen LogP contribution in [-0.2, 0) is 4.79 Å². The van der Waals surface area contributed by atoms with E-state index in [4.69, 9.17) is 18.6 Å². The first-order valence-electron chi connectivity index (χ1n) is 14.6. The maximum atomic E-state index is 12.6. The van der Waals surface area contributed by atoms with E-state index in [0.717, 1.165) is 25.7 Å². The average Bonchev–Trinajstić information content (AvgIpc) is 2.88. The zero-order chi connectivity index (χ0) is 26.7. The third kappa shape index (κ3) is 12.1. The van der Waals surface area contributed by atoms with Crippen molar-refractivity contribution in [1.82, 2.24) is 0 Å². The highest BCUT2D eigenvalue weighted by molar-refractivity contribution is 5.87. The smallest absolute Gasteiger partial charge is 0.383 e. The number of fused-ring (bicyclic) bond motifs is 1. The Morgan fingerprint density at radius 2 is 1.22 bits per heavy atom. The Balaban J connectivity index is 1.92. The first kappa shape index (κ1) is 30.7. The molecule has 0 amide bonds. The Labute approximate surface area is 223 Å². The van der Waals surface area contributed by atoms with Gasteiger partial charge in [0.2, 0.25) is 0 Å². The Bertz CT molecular complexity index is 964. The van der Waals surface area contributed by atoms with Gasteiger partial charge in [0.25, 0.3) is 5.75 Å². The molecule has 2 aromatic rings. The fraction of sp³-hybridized carbons (Fsp3) is 0.677. The molecular weight excluding hydrogens is 468 g/mol. The molecule has 1 aromatic carbocycles. The number of rotatable bonds is 21. The largest absolute Gasteiger partial charge is 0.493 e. The van der Waals surface area contributed by atoms with Gasteiger partial charge in [0.1, 0.15) is 11.3 Å². The Hall–Kier alpha value is -2.50. The molecule has 0 radical (unpaired) electrons. The molecule has 208 valence electrons. The van der Waals surface area contributed by atoms with Gasteiger partial charge in [-0.3, -0.25) is 4.79 Å². The minimum atomic E-state index is -0.728. The molecule has 1 heterocycles. The van der Waals surface area contributed by atoms with Crippen molar-refractivity contribution < 1.29 is 23.4 Å². The highest BCUT2D eigenvalue weighted by Crippen LogP contribution is 2.35. The van der Waals surface area contributed by atoms with Crippen molar-refractivity contribution in [3.8, 4) is 17.2 Å². The van der Waals surface area contributed by atoms with Crippen LogP contribution in [0.25, 0.3) is 11.0 Å². The first-order chi connectivity index (χ1) is 18.1. The van der Waals surface area contributed by atoms with Crippen LogP contribution < -0.4 is 19.8 Å².